The Labute approximate surface area is 131 Å². The maximum absolute atomic E-state index is 11.5. The summed E-state index contributed by atoms with van der Waals surface area (Å²) in [5.74, 6) is 0.928. The van der Waals surface area contributed by atoms with E-state index in [0.717, 1.165) is 0 Å². The fourth-order valence-corrected chi connectivity index (χ4v) is 2.09. The predicted octanol–water partition coefficient (Wildman–Crippen LogP) is 3.69. The number of anilines is 1. The fraction of sp³-hybridized carbons (Fsp3) is 0.133. The normalized spacial score (nSPS) is 10.0. The zero-order chi connectivity index (χ0) is 15.9. The average Bonchev–Trinajstić information content (AvgIpc) is 2.50. The lowest BCUT2D eigenvalue weighted by Crippen LogP contribution is -2.13. The van der Waals surface area contributed by atoms with Gasteiger partial charge in [-0.3, -0.25) is 14.9 Å². The van der Waals surface area contributed by atoms with Gasteiger partial charge in [0.15, 0.2) is 0 Å². The predicted molar refractivity (Wildman–Crippen MR) is 86.6 cm³/mol. The number of nitro groups is 1. The number of hydrogen-bond donors (Lipinski definition) is 1. The first-order chi connectivity index (χ1) is 10.6. The molecule has 0 aliphatic heterocycles. The van der Waals surface area contributed by atoms with E-state index in [1.807, 2.05) is 6.26 Å². The summed E-state index contributed by atoms with van der Waals surface area (Å²) < 4.78 is 5.52. The van der Waals surface area contributed by atoms with E-state index in [9.17, 15) is 14.9 Å². The first-order valence-electron chi connectivity index (χ1n) is 6.40. The van der Waals surface area contributed by atoms with Gasteiger partial charge in [0.05, 0.1) is 10.7 Å². The monoisotopic (exact) mass is 318 g/mol. The maximum Gasteiger partial charge on any atom is 0.311 e. The topological polar surface area (TPSA) is 81.5 Å². The summed E-state index contributed by atoms with van der Waals surface area (Å²) in [6.07, 6.45) is 1.85. The molecule has 0 radical (unpaired) electrons. The van der Waals surface area contributed by atoms with Crippen molar-refractivity contribution in [2.75, 3.05) is 17.3 Å². The van der Waals surface area contributed by atoms with Crippen LogP contribution in [0.15, 0.2) is 48.5 Å². The van der Waals surface area contributed by atoms with Gasteiger partial charge in [0, 0.05) is 11.8 Å². The molecule has 2 aromatic carbocycles. The van der Waals surface area contributed by atoms with Crippen molar-refractivity contribution in [3.63, 3.8) is 0 Å². The van der Waals surface area contributed by atoms with Crippen LogP contribution in [0.3, 0.4) is 0 Å². The number of ether oxygens (including phenoxy) is 1. The van der Waals surface area contributed by atoms with E-state index in [1.165, 1.54) is 23.9 Å². The van der Waals surface area contributed by atoms with E-state index in [2.05, 4.69) is 5.32 Å². The molecule has 0 saturated carbocycles. The quantitative estimate of drug-likeness (QED) is 0.649. The zero-order valence-electron chi connectivity index (χ0n) is 11.8. The lowest BCUT2D eigenvalue weighted by molar-refractivity contribution is -0.385. The van der Waals surface area contributed by atoms with Gasteiger partial charge in [-0.05, 0) is 36.6 Å². The minimum atomic E-state index is -0.494. The van der Waals surface area contributed by atoms with Crippen LogP contribution < -0.4 is 10.1 Å². The Hall–Kier alpha value is -2.54. The molecule has 0 bridgehead atoms. The molecule has 1 amide bonds. The van der Waals surface area contributed by atoms with Crippen molar-refractivity contribution in [1.29, 1.82) is 0 Å². The van der Waals surface area contributed by atoms with Crippen molar-refractivity contribution in [2.24, 2.45) is 0 Å². The number of nitrogens with one attached hydrogen (secondary N) is 1. The lowest BCUT2D eigenvalue weighted by Gasteiger charge is -2.08. The molecule has 0 saturated heterocycles. The minimum Gasteiger partial charge on any atom is -0.450 e. The third kappa shape index (κ3) is 4.23. The summed E-state index contributed by atoms with van der Waals surface area (Å²) in [5, 5.41) is 13.7. The second kappa shape index (κ2) is 7.46. The number of benzene rings is 2. The zero-order valence-corrected chi connectivity index (χ0v) is 12.6. The second-order valence-corrected chi connectivity index (χ2v) is 5.20. The summed E-state index contributed by atoms with van der Waals surface area (Å²) in [4.78, 5) is 21.9. The highest BCUT2D eigenvalue weighted by Gasteiger charge is 2.14. The Balaban J connectivity index is 2.09. The summed E-state index contributed by atoms with van der Waals surface area (Å²) >= 11 is 1.44. The van der Waals surface area contributed by atoms with Gasteiger partial charge in [0.1, 0.15) is 5.75 Å². The Morgan fingerprint density at radius 2 is 1.91 bits per heavy atom. The van der Waals surface area contributed by atoms with E-state index in [1.54, 1.807) is 36.4 Å². The van der Waals surface area contributed by atoms with Gasteiger partial charge in [-0.15, -0.1) is 0 Å². The van der Waals surface area contributed by atoms with Crippen LogP contribution in [0.2, 0.25) is 0 Å². The third-order valence-electron chi connectivity index (χ3n) is 2.70. The summed E-state index contributed by atoms with van der Waals surface area (Å²) in [5.41, 5.74) is 0.550. The number of rotatable bonds is 6. The third-order valence-corrected chi connectivity index (χ3v) is 3.25. The Morgan fingerprint density at radius 3 is 2.55 bits per heavy atom. The van der Waals surface area contributed by atoms with E-state index >= 15 is 0 Å². The summed E-state index contributed by atoms with van der Waals surface area (Å²) in [6.45, 7) is 0. The van der Waals surface area contributed by atoms with Crippen molar-refractivity contribution in [3.8, 4) is 11.5 Å². The van der Waals surface area contributed by atoms with Crippen molar-refractivity contribution >= 4 is 29.0 Å². The van der Waals surface area contributed by atoms with E-state index in [4.69, 9.17) is 4.74 Å². The van der Waals surface area contributed by atoms with Crippen molar-refractivity contribution in [3.05, 3.63) is 58.6 Å². The number of thioether (sulfide) groups is 1. The number of nitrogens with zero attached hydrogens (tertiary/aromatic N) is 1. The van der Waals surface area contributed by atoms with Crippen LogP contribution in [0, 0.1) is 10.1 Å². The lowest BCUT2D eigenvalue weighted by atomic mass is 10.3. The van der Waals surface area contributed by atoms with Crippen LogP contribution in [0.25, 0.3) is 0 Å². The molecule has 0 spiro atoms. The Morgan fingerprint density at radius 1 is 1.23 bits per heavy atom. The van der Waals surface area contributed by atoms with Crippen LogP contribution in [0.5, 0.6) is 11.5 Å². The molecule has 0 aliphatic rings. The number of nitro benzene ring substituents is 1. The van der Waals surface area contributed by atoms with Crippen LogP contribution in [0.1, 0.15) is 0 Å². The highest BCUT2D eigenvalue weighted by atomic mass is 32.2. The Bertz CT molecular complexity index is 673. The molecule has 0 heterocycles. The van der Waals surface area contributed by atoms with Crippen LogP contribution in [0.4, 0.5) is 11.4 Å². The van der Waals surface area contributed by atoms with Gasteiger partial charge >= 0.3 is 5.69 Å². The number of carbonyl (C=O) groups is 1. The van der Waals surface area contributed by atoms with E-state index < -0.39 is 4.92 Å². The van der Waals surface area contributed by atoms with Crippen LogP contribution in [-0.4, -0.2) is 22.8 Å². The summed E-state index contributed by atoms with van der Waals surface area (Å²) in [7, 11) is 0. The van der Waals surface area contributed by atoms with Gasteiger partial charge in [-0.25, -0.2) is 0 Å². The number of amides is 1. The average molecular weight is 318 g/mol. The molecule has 6 nitrogen and oxygen atoms in total. The Kier molecular flexibility index (Phi) is 5.37. The van der Waals surface area contributed by atoms with Gasteiger partial charge in [-0.2, -0.15) is 11.8 Å². The SMILES string of the molecule is CSCC(=O)Nc1ccc(Oc2ccccc2[N+](=O)[O-])cc1. The van der Waals surface area contributed by atoms with Crippen LogP contribution in [-0.2, 0) is 4.79 Å². The number of carbonyl (C=O) groups excluding carboxylic acids is 1. The standard InChI is InChI=1S/C15H14N2O4S/c1-22-10-15(18)16-11-6-8-12(9-7-11)21-14-5-3-2-4-13(14)17(19)20/h2-9H,10H2,1H3,(H,16,18). The van der Waals surface area contributed by atoms with Crippen molar-refractivity contribution < 1.29 is 14.5 Å². The molecule has 114 valence electrons. The molecule has 22 heavy (non-hydrogen) atoms. The summed E-state index contributed by atoms with van der Waals surface area (Å²) in [6, 6.07) is 12.8. The number of hydrogen-bond acceptors (Lipinski definition) is 5. The molecular weight excluding hydrogens is 304 g/mol. The molecule has 0 fully saturated rings. The molecule has 2 rings (SSSR count). The largest absolute Gasteiger partial charge is 0.450 e. The van der Waals surface area contributed by atoms with Crippen LogP contribution >= 0.6 is 11.8 Å². The van der Waals surface area contributed by atoms with Gasteiger partial charge in [-0.1, -0.05) is 12.1 Å². The second-order valence-electron chi connectivity index (χ2n) is 4.33. The van der Waals surface area contributed by atoms with Gasteiger partial charge in [0.25, 0.3) is 0 Å². The molecule has 0 aromatic heterocycles. The molecule has 2 aromatic rings. The van der Waals surface area contributed by atoms with Gasteiger partial charge < -0.3 is 10.1 Å². The molecule has 0 unspecified atom stereocenters. The highest BCUT2D eigenvalue weighted by Crippen LogP contribution is 2.31. The molecule has 7 heteroatoms. The first-order valence-corrected chi connectivity index (χ1v) is 7.79. The van der Waals surface area contributed by atoms with E-state index in [0.29, 0.717) is 17.2 Å². The molecule has 0 atom stereocenters. The van der Waals surface area contributed by atoms with Gasteiger partial charge in [0.2, 0.25) is 11.7 Å². The smallest absolute Gasteiger partial charge is 0.311 e. The molecular formula is C15H14N2O4S. The highest BCUT2D eigenvalue weighted by molar-refractivity contribution is 7.99. The maximum atomic E-state index is 11.5. The molecule has 0 aliphatic carbocycles. The fourth-order valence-electron chi connectivity index (χ4n) is 1.76. The van der Waals surface area contributed by atoms with Crippen molar-refractivity contribution in [2.45, 2.75) is 0 Å². The number of para-hydroxylation sites is 2. The minimum absolute atomic E-state index is 0.0835. The van der Waals surface area contributed by atoms with Crippen molar-refractivity contribution in [1.82, 2.24) is 0 Å². The first kappa shape index (κ1) is 15.8. The van der Waals surface area contributed by atoms with E-state index in [-0.39, 0.29) is 17.3 Å². The molecule has 1 N–H and O–H groups in total.